The molecule has 0 saturated carbocycles. The van der Waals surface area contributed by atoms with Crippen molar-refractivity contribution in [2.45, 2.75) is 6.04 Å². The Hall–Kier alpha value is -3.16. The van der Waals surface area contributed by atoms with E-state index in [2.05, 4.69) is 0 Å². The van der Waals surface area contributed by atoms with Crippen LogP contribution in [0.25, 0.3) is 5.76 Å². The molecule has 3 aromatic rings. The average Bonchev–Trinajstić information content (AvgIpc) is 3.33. The summed E-state index contributed by atoms with van der Waals surface area (Å²) in [5.41, 5.74) is -0.720. The number of aliphatic hydroxyl groups is 1. The maximum atomic E-state index is 14.5. The minimum atomic E-state index is -1.33. The molecule has 1 aliphatic heterocycles. The number of halogens is 4. The molecule has 1 atom stereocenters. The number of benzene rings is 2. The summed E-state index contributed by atoms with van der Waals surface area (Å²) in [5.74, 6) is -4.47. The van der Waals surface area contributed by atoms with E-state index in [9.17, 15) is 23.5 Å². The van der Waals surface area contributed by atoms with E-state index in [1.807, 2.05) is 0 Å². The monoisotopic (exact) mass is 449 g/mol. The summed E-state index contributed by atoms with van der Waals surface area (Å²) in [7, 11) is 0. The van der Waals surface area contributed by atoms with Gasteiger partial charge in [-0.1, -0.05) is 23.2 Å². The van der Waals surface area contributed by atoms with Crippen molar-refractivity contribution in [2.24, 2.45) is 0 Å². The van der Waals surface area contributed by atoms with E-state index < -0.39 is 40.8 Å². The van der Waals surface area contributed by atoms with Crippen molar-refractivity contribution >= 4 is 46.3 Å². The lowest BCUT2D eigenvalue weighted by atomic mass is 9.99. The number of hydrogen-bond donors (Lipinski definition) is 1. The highest BCUT2D eigenvalue weighted by atomic mass is 35.5. The lowest BCUT2D eigenvalue weighted by Crippen LogP contribution is -2.30. The molecule has 1 saturated heterocycles. The van der Waals surface area contributed by atoms with Gasteiger partial charge in [0.1, 0.15) is 29.2 Å². The summed E-state index contributed by atoms with van der Waals surface area (Å²) in [6, 6.07) is 8.24. The number of amides is 1. The molecular weight excluding hydrogens is 439 g/mol. The first-order chi connectivity index (χ1) is 14.3. The third kappa shape index (κ3) is 3.26. The van der Waals surface area contributed by atoms with Gasteiger partial charge in [-0.3, -0.25) is 14.5 Å². The van der Waals surface area contributed by atoms with Crippen LogP contribution in [0.5, 0.6) is 0 Å². The zero-order valence-electron chi connectivity index (χ0n) is 14.9. The molecule has 1 N–H and O–H groups in total. The first kappa shape index (κ1) is 20.1. The molecule has 0 bridgehead atoms. The lowest BCUT2D eigenvalue weighted by molar-refractivity contribution is -0.132. The smallest absolute Gasteiger partial charge is 0.300 e. The first-order valence-electron chi connectivity index (χ1n) is 8.54. The number of nitrogens with zero attached hydrogens (tertiary/aromatic N) is 1. The molecule has 1 aromatic heterocycles. The standard InChI is InChI=1S/C21H11Cl2F2NO4/c22-12-5-3-10(8-13(12)23)19(27)17-18(16-2-1-7-30-16)26(21(29)20(17)28)15-9-11(24)4-6-14(15)25/h1-9,18,27H/b19-17-. The van der Waals surface area contributed by atoms with Crippen LogP contribution in [-0.4, -0.2) is 16.8 Å². The topological polar surface area (TPSA) is 70.8 Å². The summed E-state index contributed by atoms with van der Waals surface area (Å²) in [6.07, 6.45) is 1.29. The second-order valence-electron chi connectivity index (χ2n) is 6.41. The Morgan fingerprint density at radius 3 is 2.47 bits per heavy atom. The van der Waals surface area contributed by atoms with E-state index >= 15 is 0 Å². The van der Waals surface area contributed by atoms with Crippen LogP contribution in [-0.2, 0) is 9.59 Å². The third-order valence-corrected chi connectivity index (χ3v) is 5.36. The van der Waals surface area contributed by atoms with Crippen LogP contribution in [0, 0.1) is 11.6 Å². The van der Waals surface area contributed by atoms with Crippen molar-refractivity contribution in [3.8, 4) is 0 Å². The van der Waals surface area contributed by atoms with Gasteiger partial charge in [-0.2, -0.15) is 0 Å². The Kier molecular flexibility index (Phi) is 5.09. The molecule has 30 heavy (non-hydrogen) atoms. The third-order valence-electron chi connectivity index (χ3n) is 4.62. The van der Waals surface area contributed by atoms with Crippen molar-refractivity contribution in [1.82, 2.24) is 0 Å². The van der Waals surface area contributed by atoms with Gasteiger partial charge in [0.15, 0.2) is 0 Å². The second-order valence-corrected chi connectivity index (χ2v) is 7.22. The number of carbonyl (C=O) groups excluding carboxylic acids is 2. The molecule has 2 heterocycles. The highest BCUT2D eigenvalue weighted by Gasteiger charge is 2.49. The summed E-state index contributed by atoms with van der Waals surface area (Å²) < 4.78 is 33.6. The van der Waals surface area contributed by atoms with Gasteiger partial charge in [-0.25, -0.2) is 8.78 Å². The molecule has 4 rings (SSSR count). The van der Waals surface area contributed by atoms with Crippen LogP contribution < -0.4 is 4.90 Å². The Bertz CT molecular complexity index is 1210. The zero-order valence-corrected chi connectivity index (χ0v) is 16.4. The van der Waals surface area contributed by atoms with Gasteiger partial charge in [-0.15, -0.1) is 0 Å². The number of Topliss-reactive ketones (excluding diaryl/α,β-unsaturated/α-hetero) is 1. The van der Waals surface area contributed by atoms with Crippen molar-refractivity contribution < 1.29 is 27.9 Å². The second kappa shape index (κ2) is 7.59. The molecule has 152 valence electrons. The highest BCUT2D eigenvalue weighted by Crippen LogP contribution is 2.43. The number of carbonyl (C=O) groups is 2. The minimum absolute atomic E-state index is 0.0690. The Labute approximate surface area is 178 Å². The van der Waals surface area contributed by atoms with Gasteiger partial charge >= 0.3 is 0 Å². The molecule has 1 fully saturated rings. The van der Waals surface area contributed by atoms with Gasteiger partial charge in [0.25, 0.3) is 11.7 Å². The summed E-state index contributed by atoms with van der Waals surface area (Å²) in [6.45, 7) is 0. The first-order valence-corrected chi connectivity index (χ1v) is 9.30. The highest BCUT2D eigenvalue weighted by molar-refractivity contribution is 6.51. The largest absolute Gasteiger partial charge is 0.507 e. The fourth-order valence-corrected chi connectivity index (χ4v) is 3.56. The molecule has 1 unspecified atom stereocenters. The normalized spacial score (nSPS) is 18.3. The minimum Gasteiger partial charge on any atom is -0.507 e. The number of ketones is 1. The molecule has 0 spiro atoms. The molecule has 2 aromatic carbocycles. The molecule has 9 heteroatoms. The van der Waals surface area contributed by atoms with Gasteiger partial charge in [0, 0.05) is 11.6 Å². The molecule has 5 nitrogen and oxygen atoms in total. The molecular formula is C21H11Cl2F2NO4. The molecule has 0 radical (unpaired) electrons. The SMILES string of the molecule is O=C1C(=O)N(c2cc(F)ccc2F)C(c2ccco2)/C1=C(/O)c1ccc(Cl)c(Cl)c1. The molecule has 0 aliphatic carbocycles. The van der Waals surface area contributed by atoms with Crippen molar-refractivity contribution in [3.63, 3.8) is 0 Å². The Morgan fingerprint density at radius 1 is 1.03 bits per heavy atom. The van der Waals surface area contributed by atoms with Crippen molar-refractivity contribution in [2.75, 3.05) is 4.90 Å². The van der Waals surface area contributed by atoms with E-state index in [0.29, 0.717) is 0 Å². The van der Waals surface area contributed by atoms with Crippen LogP contribution in [0.1, 0.15) is 17.4 Å². The molecule has 1 amide bonds. The Morgan fingerprint density at radius 2 is 1.80 bits per heavy atom. The Balaban J connectivity index is 1.96. The van der Waals surface area contributed by atoms with Crippen LogP contribution in [0.3, 0.4) is 0 Å². The van der Waals surface area contributed by atoms with E-state index in [4.69, 9.17) is 27.6 Å². The van der Waals surface area contributed by atoms with Gasteiger partial charge in [0.2, 0.25) is 0 Å². The summed E-state index contributed by atoms with van der Waals surface area (Å²) >= 11 is 11.9. The number of anilines is 1. The van der Waals surface area contributed by atoms with E-state index in [0.717, 1.165) is 23.1 Å². The maximum absolute atomic E-state index is 14.5. The van der Waals surface area contributed by atoms with E-state index in [1.54, 1.807) is 0 Å². The van der Waals surface area contributed by atoms with Crippen molar-refractivity contribution in [1.29, 1.82) is 0 Å². The number of aliphatic hydroxyl groups excluding tert-OH is 1. The van der Waals surface area contributed by atoms with Gasteiger partial charge < -0.3 is 9.52 Å². The number of rotatable bonds is 3. The van der Waals surface area contributed by atoms with Crippen LogP contribution in [0.2, 0.25) is 10.0 Å². The van der Waals surface area contributed by atoms with Crippen LogP contribution >= 0.6 is 23.2 Å². The number of hydrogen-bond acceptors (Lipinski definition) is 4. The average molecular weight is 450 g/mol. The van der Waals surface area contributed by atoms with Gasteiger partial charge in [0.05, 0.1) is 27.6 Å². The fraction of sp³-hybridized carbons (Fsp3) is 0.0476. The molecule has 1 aliphatic rings. The number of furan rings is 1. The van der Waals surface area contributed by atoms with Crippen molar-refractivity contribution in [3.05, 3.63) is 93.4 Å². The predicted molar refractivity (Wildman–Crippen MR) is 106 cm³/mol. The zero-order chi connectivity index (χ0) is 21.6. The van der Waals surface area contributed by atoms with E-state index in [1.165, 1.54) is 36.6 Å². The van der Waals surface area contributed by atoms with Crippen LogP contribution in [0.15, 0.2) is 64.8 Å². The summed E-state index contributed by atoms with van der Waals surface area (Å²) in [4.78, 5) is 26.4. The van der Waals surface area contributed by atoms with Gasteiger partial charge in [-0.05, 0) is 42.5 Å². The van der Waals surface area contributed by atoms with Crippen LogP contribution in [0.4, 0.5) is 14.5 Å². The summed E-state index contributed by atoms with van der Waals surface area (Å²) in [5, 5.41) is 11.2. The predicted octanol–water partition coefficient (Wildman–Crippen LogP) is 5.49. The quantitative estimate of drug-likeness (QED) is 0.326. The lowest BCUT2D eigenvalue weighted by Gasteiger charge is -2.23. The maximum Gasteiger partial charge on any atom is 0.300 e. The van der Waals surface area contributed by atoms with E-state index in [-0.39, 0.29) is 26.9 Å². The fourth-order valence-electron chi connectivity index (χ4n) is 3.27.